The fourth-order valence-corrected chi connectivity index (χ4v) is 3.89. The molecule has 1 aromatic heterocycles. The third-order valence-corrected chi connectivity index (χ3v) is 5.19. The summed E-state index contributed by atoms with van der Waals surface area (Å²) >= 11 is 6.03. The standard InChI is InChI=1S/C16H22ClN5/c17-13-4-5-16-15(12-13)18-19-22(16)14-6-10-21(11-7-14)20-8-2-1-3-9-20/h4-5,12,14H,1-3,6-11H2. The first kappa shape index (κ1) is 14.4. The second-order valence-electron chi connectivity index (χ2n) is 6.37. The van der Waals surface area contributed by atoms with Crippen LogP contribution >= 0.6 is 11.6 Å². The van der Waals surface area contributed by atoms with Crippen LogP contribution in [0, 0.1) is 0 Å². The van der Waals surface area contributed by atoms with Crippen LogP contribution in [0.25, 0.3) is 11.0 Å². The first-order valence-electron chi connectivity index (χ1n) is 8.31. The normalized spacial score (nSPS) is 22.4. The maximum Gasteiger partial charge on any atom is 0.114 e. The van der Waals surface area contributed by atoms with E-state index in [0.717, 1.165) is 42.0 Å². The maximum absolute atomic E-state index is 6.03. The molecule has 0 aliphatic carbocycles. The lowest BCUT2D eigenvalue weighted by molar-refractivity contribution is -0.0602. The summed E-state index contributed by atoms with van der Waals surface area (Å²) in [6.07, 6.45) is 6.35. The van der Waals surface area contributed by atoms with E-state index in [1.807, 2.05) is 18.2 Å². The molecule has 1 aromatic carbocycles. The van der Waals surface area contributed by atoms with Crippen LogP contribution in [-0.2, 0) is 0 Å². The quantitative estimate of drug-likeness (QED) is 0.852. The third-order valence-electron chi connectivity index (χ3n) is 4.95. The molecule has 2 aromatic rings. The lowest BCUT2D eigenvalue weighted by Gasteiger charge is -2.41. The zero-order valence-corrected chi connectivity index (χ0v) is 13.5. The van der Waals surface area contributed by atoms with Gasteiger partial charge in [-0.1, -0.05) is 23.2 Å². The molecule has 2 aliphatic rings. The molecule has 118 valence electrons. The summed E-state index contributed by atoms with van der Waals surface area (Å²) in [6.45, 7) is 4.71. The van der Waals surface area contributed by atoms with Gasteiger partial charge in [-0.15, -0.1) is 5.10 Å². The minimum Gasteiger partial charge on any atom is -0.242 e. The van der Waals surface area contributed by atoms with Crippen LogP contribution in [0.1, 0.15) is 38.1 Å². The number of halogens is 1. The Labute approximate surface area is 135 Å². The van der Waals surface area contributed by atoms with Crippen LogP contribution in [0.5, 0.6) is 0 Å². The number of fused-ring (bicyclic) bond motifs is 1. The Hall–Kier alpha value is -1.17. The van der Waals surface area contributed by atoms with Crippen LogP contribution in [0.4, 0.5) is 0 Å². The van der Waals surface area contributed by atoms with E-state index in [1.165, 1.54) is 32.4 Å². The monoisotopic (exact) mass is 319 g/mol. The van der Waals surface area contributed by atoms with Crippen molar-refractivity contribution < 1.29 is 0 Å². The van der Waals surface area contributed by atoms with E-state index in [-0.39, 0.29) is 0 Å². The number of aromatic nitrogens is 3. The second-order valence-corrected chi connectivity index (χ2v) is 6.80. The van der Waals surface area contributed by atoms with Gasteiger partial charge in [0.05, 0.1) is 11.6 Å². The zero-order chi connectivity index (χ0) is 14.9. The van der Waals surface area contributed by atoms with Crippen molar-refractivity contribution in [2.24, 2.45) is 0 Å². The Morgan fingerprint density at radius 2 is 1.68 bits per heavy atom. The number of hydrogen-bond acceptors (Lipinski definition) is 4. The van der Waals surface area contributed by atoms with Gasteiger partial charge in [0.15, 0.2) is 0 Å². The first-order chi connectivity index (χ1) is 10.8. The highest BCUT2D eigenvalue weighted by molar-refractivity contribution is 6.31. The van der Waals surface area contributed by atoms with Gasteiger partial charge >= 0.3 is 0 Å². The average Bonchev–Trinajstić information content (AvgIpc) is 2.99. The van der Waals surface area contributed by atoms with E-state index in [0.29, 0.717) is 6.04 Å². The van der Waals surface area contributed by atoms with Crippen molar-refractivity contribution in [3.63, 3.8) is 0 Å². The topological polar surface area (TPSA) is 37.2 Å². The van der Waals surface area contributed by atoms with Gasteiger partial charge in [0.2, 0.25) is 0 Å². The van der Waals surface area contributed by atoms with Crippen LogP contribution in [0.3, 0.4) is 0 Å². The molecule has 0 amide bonds. The van der Waals surface area contributed by atoms with Crippen molar-refractivity contribution >= 4 is 22.6 Å². The molecule has 5 nitrogen and oxygen atoms in total. The molecule has 3 heterocycles. The minimum atomic E-state index is 0.451. The summed E-state index contributed by atoms with van der Waals surface area (Å²) in [5.41, 5.74) is 1.99. The molecule has 22 heavy (non-hydrogen) atoms. The molecule has 0 spiro atoms. The highest BCUT2D eigenvalue weighted by Gasteiger charge is 2.26. The molecule has 0 saturated carbocycles. The molecule has 0 N–H and O–H groups in total. The summed E-state index contributed by atoms with van der Waals surface area (Å²) in [6, 6.07) is 6.30. The third kappa shape index (κ3) is 2.73. The van der Waals surface area contributed by atoms with Crippen LogP contribution in [0.2, 0.25) is 5.02 Å². The van der Waals surface area contributed by atoms with Crippen molar-refractivity contribution in [3.8, 4) is 0 Å². The van der Waals surface area contributed by atoms with E-state index in [2.05, 4.69) is 25.0 Å². The van der Waals surface area contributed by atoms with Gasteiger partial charge in [0.1, 0.15) is 5.52 Å². The lowest BCUT2D eigenvalue weighted by Crippen LogP contribution is -2.49. The number of hydrazine groups is 1. The predicted molar refractivity (Wildman–Crippen MR) is 87.8 cm³/mol. The molecule has 2 aliphatic heterocycles. The summed E-state index contributed by atoms with van der Waals surface area (Å²) in [4.78, 5) is 0. The van der Waals surface area contributed by atoms with Crippen LogP contribution in [-0.4, -0.2) is 51.2 Å². The van der Waals surface area contributed by atoms with Crippen molar-refractivity contribution in [2.45, 2.75) is 38.1 Å². The van der Waals surface area contributed by atoms with E-state index in [1.54, 1.807) is 0 Å². The molecule has 6 heteroatoms. The van der Waals surface area contributed by atoms with Gasteiger partial charge < -0.3 is 0 Å². The Morgan fingerprint density at radius 1 is 0.955 bits per heavy atom. The molecule has 4 rings (SSSR count). The minimum absolute atomic E-state index is 0.451. The first-order valence-corrected chi connectivity index (χ1v) is 8.69. The smallest absolute Gasteiger partial charge is 0.114 e. The lowest BCUT2D eigenvalue weighted by atomic mass is 10.1. The Balaban J connectivity index is 1.46. The van der Waals surface area contributed by atoms with Crippen molar-refractivity contribution in [1.29, 1.82) is 0 Å². The zero-order valence-electron chi connectivity index (χ0n) is 12.8. The Kier molecular flexibility index (Phi) is 4.03. The number of piperidine rings is 2. The highest BCUT2D eigenvalue weighted by atomic mass is 35.5. The fraction of sp³-hybridized carbons (Fsp3) is 0.625. The van der Waals surface area contributed by atoms with Crippen molar-refractivity contribution in [1.82, 2.24) is 25.0 Å². The van der Waals surface area contributed by atoms with E-state index < -0.39 is 0 Å². The summed E-state index contributed by atoms with van der Waals surface area (Å²) in [5, 5.41) is 14.5. The largest absolute Gasteiger partial charge is 0.242 e. The number of hydrogen-bond donors (Lipinski definition) is 0. The van der Waals surface area contributed by atoms with Crippen LogP contribution in [0.15, 0.2) is 18.2 Å². The molecule has 2 fully saturated rings. The van der Waals surface area contributed by atoms with Crippen molar-refractivity contribution in [2.75, 3.05) is 26.2 Å². The molecule has 0 atom stereocenters. The summed E-state index contributed by atoms with van der Waals surface area (Å²) in [7, 11) is 0. The van der Waals surface area contributed by atoms with Gasteiger partial charge in [0.25, 0.3) is 0 Å². The number of rotatable bonds is 2. The Morgan fingerprint density at radius 3 is 2.45 bits per heavy atom. The second kappa shape index (κ2) is 6.14. The van der Waals surface area contributed by atoms with Gasteiger partial charge in [0, 0.05) is 31.2 Å². The number of nitrogens with zero attached hydrogens (tertiary/aromatic N) is 5. The summed E-state index contributed by atoms with van der Waals surface area (Å²) in [5.74, 6) is 0. The van der Waals surface area contributed by atoms with Gasteiger partial charge in [-0.25, -0.2) is 14.7 Å². The fourth-order valence-electron chi connectivity index (χ4n) is 3.72. The average molecular weight is 320 g/mol. The molecule has 0 radical (unpaired) electrons. The van der Waals surface area contributed by atoms with Crippen LogP contribution < -0.4 is 0 Å². The van der Waals surface area contributed by atoms with E-state index >= 15 is 0 Å². The summed E-state index contributed by atoms with van der Waals surface area (Å²) < 4.78 is 2.10. The van der Waals surface area contributed by atoms with E-state index in [9.17, 15) is 0 Å². The predicted octanol–water partition coefficient (Wildman–Crippen LogP) is 3.12. The molecule has 0 bridgehead atoms. The van der Waals surface area contributed by atoms with E-state index in [4.69, 9.17) is 11.6 Å². The maximum atomic E-state index is 6.03. The molecule has 0 unspecified atom stereocenters. The van der Waals surface area contributed by atoms with Gasteiger partial charge in [-0.3, -0.25) is 0 Å². The SMILES string of the molecule is Clc1ccc2c(c1)nnn2C1CCN(N2CCCCC2)CC1. The molecular weight excluding hydrogens is 298 g/mol. The van der Waals surface area contributed by atoms with Gasteiger partial charge in [-0.2, -0.15) is 0 Å². The van der Waals surface area contributed by atoms with Crippen molar-refractivity contribution in [3.05, 3.63) is 23.2 Å². The Bertz CT molecular complexity index is 641. The molecule has 2 saturated heterocycles. The molecular formula is C16H22ClN5. The number of benzene rings is 1. The highest BCUT2D eigenvalue weighted by Crippen LogP contribution is 2.27. The van der Waals surface area contributed by atoms with Gasteiger partial charge in [-0.05, 0) is 43.9 Å².